The summed E-state index contributed by atoms with van der Waals surface area (Å²) < 4.78 is 17.0. The van der Waals surface area contributed by atoms with Crippen molar-refractivity contribution >= 4 is 16.9 Å². The normalized spacial score (nSPS) is 11.9. The van der Waals surface area contributed by atoms with Crippen molar-refractivity contribution in [1.82, 2.24) is 9.55 Å². The van der Waals surface area contributed by atoms with E-state index in [4.69, 9.17) is 14.2 Å². The second-order valence-electron chi connectivity index (χ2n) is 8.76. The number of aryl methyl sites for hydroxylation is 2. The van der Waals surface area contributed by atoms with Gasteiger partial charge in [-0.25, -0.2) is 0 Å². The van der Waals surface area contributed by atoms with Gasteiger partial charge in [0.1, 0.15) is 5.75 Å². The van der Waals surface area contributed by atoms with E-state index in [-0.39, 0.29) is 35.0 Å². The lowest BCUT2D eigenvalue weighted by Crippen LogP contribution is -2.29. The van der Waals surface area contributed by atoms with Gasteiger partial charge in [-0.2, -0.15) is 0 Å². The summed E-state index contributed by atoms with van der Waals surface area (Å²) in [5.41, 5.74) is 2.74. The molecule has 1 unspecified atom stereocenters. The molecule has 0 amide bonds. The molecular weight excluding hydrogens is 476 g/mol. The van der Waals surface area contributed by atoms with Gasteiger partial charge in [0.15, 0.2) is 11.5 Å². The third-order valence-electron chi connectivity index (χ3n) is 6.65. The highest BCUT2D eigenvalue weighted by Gasteiger charge is 2.28. The van der Waals surface area contributed by atoms with E-state index in [1.54, 1.807) is 11.5 Å². The van der Waals surface area contributed by atoms with E-state index in [2.05, 4.69) is 4.98 Å². The van der Waals surface area contributed by atoms with Crippen molar-refractivity contribution in [1.29, 1.82) is 0 Å². The van der Waals surface area contributed by atoms with Gasteiger partial charge >= 0.3 is 5.97 Å². The van der Waals surface area contributed by atoms with E-state index < -0.39 is 17.4 Å². The summed E-state index contributed by atoms with van der Waals surface area (Å²) in [6.07, 6.45) is 2.29. The number of aromatic nitrogens is 2. The van der Waals surface area contributed by atoms with E-state index in [0.717, 1.165) is 16.5 Å². The fourth-order valence-electron chi connectivity index (χ4n) is 4.70. The number of benzene rings is 2. The number of aromatic amines is 1. The Kier molecular flexibility index (Phi) is 7.42. The Bertz CT molecular complexity index is 1480. The molecule has 2 heterocycles. The summed E-state index contributed by atoms with van der Waals surface area (Å²) in [6, 6.07) is 12.5. The first kappa shape index (κ1) is 25.7. The quantitative estimate of drug-likeness (QED) is 0.293. The van der Waals surface area contributed by atoms with Gasteiger partial charge in [0, 0.05) is 35.3 Å². The summed E-state index contributed by atoms with van der Waals surface area (Å²) in [5, 5.41) is 22.4. The van der Waals surface area contributed by atoms with Crippen LogP contribution in [0.25, 0.3) is 10.9 Å². The average molecular weight is 507 g/mol. The number of H-pyrrole nitrogens is 1. The molecule has 0 aliphatic carbocycles. The zero-order valence-corrected chi connectivity index (χ0v) is 21.2. The molecule has 37 heavy (non-hydrogen) atoms. The third kappa shape index (κ3) is 4.97. The number of aromatic hydroxyl groups is 2. The molecule has 2 aromatic heterocycles. The molecule has 194 valence electrons. The molecule has 3 N–H and O–H groups in total. The van der Waals surface area contributed by atoms with Crippen molar-refractivity contribution < 1.29 is 29.2 Å². The molecule has 0 spiro atoms. The molecule has 0 fully saturated rings. The third-order valence-corrected chi connectivity index (χ3v) is 6.65. The molecule has 4 rings (SSSR count). The highest BCUT2D eigenvalue weighted by atomic mass is 16.5. The largest absolute Gasteiger partial charge is 0.507 e. The molecule has 2 aromatic carbocycles. The molecule has 0 aliphatic heterocycles. The van der Waals surface area contributed by atoms with Crippen LogP contribution in [-0.4, -0.2) is 47.1 Å². The van der Waals surface area contributed by atoms with Crippen LogP contribution in [0.3, 0.4) is 0 Å². The van der Waals surface area contributed by atoms with Crippen LogP contribution in [-0.2, 0) is 22.5 Å². The molecule has 9 nitrogen and oxygen atoms in total. The van der Waals surface area contributed by atoms with Gasteiger partial charge in [-0.05, 0) is 48.7 Å². The molecule has 0 aliphatic rings. The number of carbonyl (C=O) groups excluding carboxylic acids is 1. The van der Waals surface area contributed by atoms with Gasteiger partial charge in [0.2, 0.25) is 5.75 Å². The summed E-state index contributed by atoms with van der Waals surface area (Å²) in [6.45, 7) is 2.12. The predicted octanol–water partition coefficient (Wildman–Crippen LogP) is 4.00. The van der Waals surface area contributed by atoms with Gasteiger partial charge in [-0.3, -0.25) is 9.59 Å². The number of nitrogens with one attached hydrogen (secondary N) is 1. The van der Waals surface area contributed by atoms with Crippen LogP contribution in [0.2, 0.25) is 0 Å². The number of carbonyl (C=O) groups is 1. The number of fused-ring (bicyclic) bond motifs is 1. The van der Waals surface area contributed by atoms with E-state index in [1.807, 2.05) is 30.5 Å². The maximum atomic E-state index is 13.8. The number of methoxy groups -OCH3 is 3. The van der Waals surface area contributed by atoms with Crippen LogP contribution < -0.4 is 15.0 Å². The first-order valence-electron chi connectivity index (χ1n) is 11.8. The van der Waals surface area contributed by atoms with Crippen LogP contribution in [0.5, 0.6) is 23.0 Å². The number of para-hydroxylation sites is 1. The highest BCUT2D eigenvalue weighted by molar-refractivity contribution is 5.83. The van der Waals surface area contributed by atoms with Crippen LogP contribution in [0.4, 0.5) is 0 Å². The van der Waals surface area contributed by atoms with Gasteiger partial charge in [0.25, 0.3) is 5.56 Å². The summed E-state index contributed by atoms with van der Waals surface area (Å²) in [5.74, 6) is -1.68. The number of rotatable bonds is 9. The predicted molar refractivity (Wildman–Crippen MR) is 139 cm³/mol. The second kappa shape index (κ2) is 10.7. The Morgan fingerprint density at radius 3 is 2.38 bits per heavy atom. The van der Waals surface area contributed by atoms with Gasteiger partial charge in [0.05, 0.1) is 33.3 Å². The maximum absolute atomic E-state index is 13.8. The van der Waals surface area contributed by atoms with Crippen molar-refractivity contribution in [2.24, 2.45) is 0 Å². The van der Waals surface area contributed by atoms with E-state index in [1.165, 1.54) is 39.5 Å². The SMILES string of the molecule is COC(=O)CC(c1cc(OC)c(O)c(OC)c1)c1c(O)cc(C)n(CCc2c[nH]c3ccccc23)c1=O. The van der Waals surface area contributed by atoms with Gasteiger partial charge in [-0.1, -0.05) is 18.2 Å². The van der Waals surface area contributed by atoms with Crippen molar-refractivity contribution in [3.8, 4) is 23.0 Å². The zero-order chi connectivity index (χ0) is 26.7. The van der Waals surface area contributed by atoms with Crippen LogP contribution in [0, 0.1) is 6.92 Å². The maximum Gasteiger partial charge on any atom is 0.306 e. The fourth-order valence-corrected chi connectivity index (χ4v) is 4.70. The molecule has 0 saturated heterocycles. The Hall–Kier alpha value is -4.40. The highest BCUT2D eigenvalue weighted by Crippen LogP contribution is 2.42. The van der Waals surface area contributed by atoms with Crippen molar-refractivity contribution in [3.63, 3.8) is 0 Å². The number of phenolic OH excluding ortho intramolecular Hbond substituents is 1. The van der Waals surface area contributed by atoms with E-state index in [0.29, 0.717) is 24.2 Å². The summed E-state index contributed by atoms with van der Waals surface area (Å²) >= 11 is 0. The lowest BCUT2D eigenvalue weighted by molar-refractivity contribution is -0.140. The van der Waals surface area contributed by atoms with Gasteiger partial charge < -0.3 is 34.0 Å². The molecule has 4 aromatic rings. The van der Waals surface area contributed by atoms with Crippen LogP contribution >= 0.6 is 0 Å². The summed E-state index contributed by atoms with van der Waals surface area (Å²) in [4.78, 5) is 29.5. The number of pyridine rings is 1. The first-order chi connectivity index (χ1) is 17.8. The number of nitrogens with zero attached hydrogens (tertiary/aromatic N) is 1. The minimum atomic E-state index is -0.886. The van der Waals surface area contributed by atoms with E-state index >= 15 is 0 Å². The Balaban J connectivity index is 1.81. The molecule has 0 saturated carbocycles. The zero-order valence-electron chi connectivity index (χ0n) is 21.2. The Morgan fingerprint density at radius 1 is 1.05 bits per heavy atom. The standard InChI is InChI=1S/C28H30N2O7/c1-16-11-22(31)26(28(34)30(16)10-9-17-15-29-21-8-6-5-7-19(17)21)20(14-25(32)37-4)18-12-23(35-2)27(33)24(13-18)36-3/h5-8,11-13,15,20,29,31,33H,9-10,14H2,1-4H3. The topological polar surface area (TPSA) is 123 Å². The number of esters is 1. The van der Waals surface area contributed by atoms with Crippen LogP contribution in [0.15, 0.2) is 53.5 Å². The lowest BCUT2D eigenvalue weighted by atomic mass is 9.87. The molecule has 9 heteroatoms. The minimum Gasteiger partial charge on any atom is -0.507 e. The number of hydrogen-bond acceptors (Lipinski definition) is 7. The average Bonchev–Trinajstić information content (AvgIpc) is 3.31. The molecule has 0 radical (unpaired) electrons. The monoisotopic (exact) mass is 506 g/mol. The molecular formula is C28H30N2O7. The minimum absolute atomic E-state index is 0.0460. The number of phenols is 1. The summed E-state index contributed by atoms with van der Waals surface area (Å²) in [7, 11) is 4.02. The van der Waals surface area contributed by atoms with E-state index in [9.17, 15) is 19.8 Å². The van der Waals surface area contributed by atoms with Gasteiger partial charge in [-0.15, -0.1) is 0 Å². The van der Waals surface area contributed by atoms with Crippen molar-refractivity contribution in [2.75, 3.05) is 21.3 Å². The number of hydrogen-bond donors (Lipinski definition) is 3. The lowest BCUT2D eigenvalue weighted by Gasteiger charge is -2.22. The Labute approximate surface area is 213 Å². The van der Waals surface area contributed by atoms with Crippen molar-refractivity contribution in [3.05, 3.63) is 81.4 Å². The van der Waals surface area contributed by atoms with Crippen LogP contribution in [0.1, 0.15) is 34.7 Å². The smallest absolute Gasteiger partial charge is 0.306 e. The Morgan fingerprint density at radius 2 is 1.73 bits per heavy atom. The fraction of sp³-hybridized carbons (Fsp3) is 0.286. The second-order valence-corrected chi connectivity index (χ2v) is 8.76. The molecule has 1 atom stereocenters. The first-order valence-corrected chi connectivity index (χ1v) is 11.8. The molecule has 0 bridgehead atoms. The van der Waals surface area contributed by atoms with Crippen molar-refractivity contribution in [2.45, 2.75) is 32.2 Å². The number of ether oxygens (including phenoxy) is 3.